The third-order valence-corrected chi connectivity index (χ3v) is 4.49. The van der Waals surface area contributed by atoms with E-state index in [1.807, 2.05) is 13.8 Å². The molecule has 0 saturated heterocycles. The Morgan fingerprint density at radius 1 is 1.20 bits per heavy atom. The lowest BCUT2D eigenvalue weighted by Crippen LogP contribution is -2.50. The van der Waals surface area contributed by atoms with Gasteiger partial charge in [0.25, 0.3) is 0 Å². The summed E-state index contributed by atoms with van der Waals surface area (Å²) in [6.07, 6.45) is 1.28. The number of nitrogens with zero attached hydrogens (tertiary/aromatic N) is 1. The molecule has 0 radical (unpaired) electrons. The van der Waals surface area contributed by atoms with Crippen molar-refractivity contribution in [3.8, 4) is 0 Å². The molecule has 0 atom stereocenters. The summed E-state index contributed by atoms with van der Waals surface area (Å²) in [5.41, 5.74) is 5.08. The Kier molecular flexibility index (Phi) is 8.28. The molecule has 4 nitrogen and oxygen atoms in total. The van der Waals surface area contributed by atoms with Crippen molar-refractivity contribution in [3.63, 3.8) is 0 Å². The largest absolute Gasteiger partial charge is 0.392 e. The molecule has 0 aliphatic rings. The zero-order valence-corrected chi connectivity index (χ0v) is 14.6. The monoisotopic (exact) mass is 301 g/mol. The molecule has 0 aromatic rings. The van der Waals surface area contributed by atoms with E-state index in [4.69, 9.17) is 18.0 Å². The van der Waals surface area contributed by atoms with Crippen LogP contribution >= 0.6 is 12.2 Å². The molecular formula is C15H31N3OS. The maximum atomic E-state index is 12.4. The molecule has 0 unspecified atom stereocenters. The molecule has 0 aromatic carbocycles. The second-order valence-corrected chi connectivity index (χ2v) is 6.27. The van der Waals surface area contributed by atoms with Crippen LogP contribution in [0.2, 0.25) is 0 Å². The predicted octanol–water partition coefficient (Wildman–Crippen LogP) is 2.31. The van der Waals surface area contributed by atoms with E-state index >= 15 is 0 Å². The number of carbonyl (C=O) groups is 1. The standard InChI is InChI=1S/C15H31N3OS/c1-7-15(8-2,13(16)20)14(19)17-9-10-18(11(3)4)12(5)6/h11-12H,7-10H2,1-6H3,(H2,16,20)(H,17,19). The Bertz CT molecular complexity index is 317. The van der Waals surface area contributed by atoms with Crippen LogP contribution in [0.15, 0.2) is 0 Å². The first kappa shape index (κ1) is 19.3. The van der Waals surface area contributed by atoms with Crippen LogP contribution in [0.5, 0.6) is 0 Å². The lowest BCUT2D eigenvalue weighted by atomic mass is 9.81. The van der Waals surface area contributed by atoms with Crippen LogP contribution in [0.25, 0.3) is 0 Å². The van der Waals surface area contributed by atoms with Gasteiger partial charge in [0.05, 0.1) is 10.4 Å². The molecule has 118 valence electrons. The summed E-state index contributed by atoms with van der Waals surface area (Å²) in [4.78, 5) is 15.0. The van der Waals surface area contributed by atoms with E-state index in [0.717, 1.165) is 6.54 Å². The number of rotatable bonds is 9. The van der Waals surface area contributed by atoms with Crippen molar-refractivity contribution in [2.75, 3.05) is 13.1 Å². The average Bonchev–Trinajstić information content (AvgIpc) is 2.35. The van der Waals surface area contributed by atoms with Crippen LogP contribution in [0, 0.1) is 5.41 Å². The van der Waals surface area contributed by atoms with Gasteiger partial charge < -0.3 is 11.1 Å². The van der Waals surface area contributed by atoms with Crippen molar-refractivity contribution in [1.82, 2.24) is 10.2 Å². The molecule has 0 spiro atoms. The van der Waals surface area contributed by atoms with Gasteiger partial charge in [-0.05, 0) is 40.5 Å². The first-order chi connectivity index (χ1) is 9.22. The topological polar surface area (TPSA) is 58.4 Å². The highest BCUT2D eigenvalue weighted by atomic mass is 32.1. The van der Waals surface area contributed by atoms with Gasteiger partial charge in [-0.2, -0.15) is 0 Å². The van der Waals surface area contributed by atoms with E-state index in [9.17, 15) is 4.79 Å². The van der Waals surface area contributed by atoms with Crippen molar-refractivity contribution in [3.05, 3.63) is 0 Å². The molecular weight excluding hydrogens is 270 g/mol. The van der Waals surface area contributed by atoms with Gasteiger partial charge in [-0.15, -0.1) is 0 Å². The molecule has 5 heteroatoms. The van der Waals surface area contributed by atoms with Gasteiger partial charge in [-0.1, -0.05) is 26.1 Å². The Morgan fingerprint density at radius 2 is 1.65 bits per heavy atom. The Morgan fingerprint density at radius 3 is 1.95 bits per heavy atom. The van der Waals surface area contributed by atoms with Crippen molar-refractivity contribution in [2.24, 2.45) is 11.1 Å². The molecule has 1 amide bonds. The molecule has 0 bridgehead atoms. The highest BCUT2D eigenvalue weighted by Crippen LogP contribution is 2.27. The minimum Gasteiger partial charge on any atom is -0.392 e. The zero-order valence-electron chi connectivity index (χ0n) is 13.8. The summed E-state index contributed by atoms with van der Waals surface area (Å²) in [5.74, 6) is -0.0394. The number of hydrogen-bond donors (Lipinski definition) is 2. The van der Waals surface area contributed by atoms with Gasteiger partial charge in [0.1, 0.15) is 0 Å². The highest BCUT2D eigenvalue weighted by molar-refractivity contribution is 7.80. The van der Waals surface area contributed by atoms with E-state index in [0.29, 0.717) is 36.5 Å². The summed E-state index contributed by atoms with van der Waals surface area (Å²) in [6, 6.07) is 0.925. The Balaban J connectivity index is 4.58. The molecule has 0 aromatic heterocycles. The van der Waals surface area contributed by atoms with Crippen LogP contribution in [-0.2, 0) is 4.79 Å². The van der Waals surface area contributed by atoms with Crippen LogP contribution < -0.4 is 11.1 Å². The van der Waals surface area contributed by atoms with Crippen LogP contribution in [0.1, 0.15) is 54.4 Å². The normalized spacial score (nSPS) is 12.2. The molecule has 0 aliphatic heterocycles. The average molecular weight is 302 g/mol. The summed E-state index contributed by atoms with van der Waals surface area (Å²) in [6.45, 7) is 14.0. The van der Waals surface area contributed by atoms with Crippen LogP contribution in [0.3, 0.4) is 0 Å². The second-order valence-electron chi connectivity index (χ2n) is 5.83. The summed E-state index contributed by atoms with van der Waals surface area (Å²) in [5, 5.41) is 3.00. The highest BCUT2D eigenvalue weighted by Gasteiger charge is 2.37. The number of carbonyl (C=O) groups excluding carboxylic acids is 1. The van der Waals surface area contributed by atoms with Crippen LogP contribution in [0.4, 0.5) is 0 Å². The van der Waals surface area contributed by atoms with Gasteiger partial charge >= 0.3 is 0 Å². The van der Waals surface area contributed by atoms with E-state index in [-0.39, 0.29) is 5.91 Å². The van der Waals surface area contributed by atoms with E-state index < -0.39 is 5.41 Å². The molecule has 3 N–H and O–H groups in total. The third-order valence-electron chi connectivity index (χ3n) is 4.10. The van der Waals surface area contributed by atoms with Crippen molar-refractivity contribution in [1.29, 1.82) is 0 Å². The van der Waals surface area contributed by atoms with E-state index in [1.165, 1.54) is 0 Å². The summed E-state index contributed by atoms with van der Waals surface area (Å²) < 4.78 is 0. The van der Waals surface area contributed by atoms with Gasteiger partial charge in [-0.25, -0.2) is 0 Å². The first-order valence-electron chi connectivity index (χ1n) is 7.56. The maximum Gasteiger partial charge on any atom is 0.233 e. The van der Waals surface area contributed by atoms with Crippen molar-refractivity contribution >= 4 is 23.1 Å². The first-order valence-corrected chi connectivity index (χ1v) is 7.97. The minimum atomic E-state index is -0.699. The van der Waals surface area contributed by atoms with Crippen molar-refractivity contribution in [2.45, 2.75) is 66.5 Å². The van der Waals surface area contributed by atoms with Gasteiger partial charge in [0.2, 0.25) is 5.91 Å². The fraction of sp³-hybridized carbons (Fsp3) is 0.867. The van der Waals surface area contributed by atoms with E-state index in [1.54, 1.807) is 0 Å². The maximum absolute atomic E-state index is 12.4. The van der Waals surface area contributed by atoms with Gasteiger partial charge in [0.15, 0.2) is 0 Å². The molecule has 20 heavy (non-hydrogen) atoms. The molecule has 0 aliphatic carbocycles. The minimum absolute atomic E-state index is 0.0394. The number of hydrogen-bond acceptors (Lipinski definition) is 3. The van der Waals surface area contributed by atoms with Gasteiger partial charge in [0, 0.05) is 25.2 Å². The fourth-order valence-electron chi connectivity index (χ4n) is 2.61. The van der Waals surface area contributed by atoms with Gasteiger partial charge in [-0.3, -0.25) is 9.69 Å². The zero-order chi connectivity index (χ0) is 15.9. The quantitative estimate of drug-likeness (QED) is 0.642. The van der Waals surface area contributed by atoms with Crippen LogP contribution in [-0.4, -0.2) is 41.0 Å². The Hall–Kier alpha value is -0.680. The molecule has 0 heterocycles. The Labute approximate surface area is 129 Å². The number of thiocarbonyl (C=S) groups is 1. The second kappa shape index (κ2) is 8.57. The van der Waals surface area contributed by atoms with E-state index in [2.05, 4.69) is 37.9 Å². The fourth-order valence-corrected chi connectivity index (χ4v) is 2.99. The molecule has 0 rings (SSSR count). The van der Waals surface area contributed by atoms with Crippen molar-refractivity contribution < 1.29 is 4.79 Å². The lowest BCUT2D eigenvalue weighted by Gasteiger charge is -2.32. The third kappa shape index (κ3) is 4.70. The SMILES string of the molecule is CCC(CC)(C(=O)NCCN(C(C)C)C(C)C)C(N)=S. The number of amides is 1. The molecule has 0 fully saturated rings. The smallest absolute Gasteiger partial charge is 0.233 e. The number of nitrogens with two attached hydrogens (primary N) is 1. The predicted molar refractivity (Wildman–Crippen MR) is 89.8 cm³/mol. The molecule has 0 saturated carbocycles. The summed E-state index contributed by atoms with van der Waals surface area (Å²) >= 11 is 5.10. The summed E-state index contributed by atoms with van der Waals surface area (Å²) in [7, 11) is 0. The number of nitrogens with one attached hydrogen (secondary N) is 1. The lowest BCUT2D eigenvalue weighted by molar-refractivity contribution is -0.127.